The molecule has 244 valence electrons. The molecule has 6 rings (SSSR count). The molecule has 0 bridgehead atoms. The third kappa shape index (κ3) is 7.22. The van der Waals surface area contributed by atoms with Crippen LogP contribution in [0.5, 0.6) is 17.2 Å². The summed E-state index contributed by atoms with van der Waals surface area (Å²) in [6, 6.07) is 29.0. The van der Waals surface area contributed by atoms with Gasteiger partial charge in [-0.1, -0.05) is 71.5 Å². The summed E-state index contributed by atoms with van der Waals surface area (Å²) in [6.45, 7) is 6.94. The second kappa shape index (κ2) is 14.8. The molecule has 0 unspecified atom stereocenters. The molecule has 1 amide bonds. The van der Waals surface area contributed by atoms with Gasteiger partial charge in [-0.15, -0.1) is 0 Å². The van der Waals surface area contributed by atoms with Crippen LogP contribution in [0.3, 0.4) is 0 Å². The van der Waals surface area contributed by atoms with Crippen LogP contribution in [-0.4, -0.2) is 23.7 Å². The Morgan fingerprint density at radius 3 is 2.35 bits per heavy atom. The monoisotopic (exact) mass is 679 g/mol. The number of aromatic nitrogens is 1. The van der Waals surface area contributed by atoms with Crippen molar-refractivity contribution in [3.05, 3.63) is 150 Å². The Bertz CT molecular complexity index is 2140. The number of hydrogen-bond acceptors (Lipinski definition) is 7. The number of hydrogen-bond donors (Lipinski definition) is 1. The van der Waals surface area contributed by atoms with Gasteiger partial charge in [-0.25, -0.2) is 4.99 Å². The van der Waals surface area contributed by atoms with Crippen LogP contribution in [0, 0.1) is 0 Å². The number of nitrogens with zero attached hydrogens (tertiary/aromatic N) is 2. The van der Waals surface area contributed by atoms with Crippen LogP contribution in [0.4, 0.5) is 5.69 Å². The van der Waals surface area contributed by atoms with Gasteiger partial charge in [0.25, 0.3) is 11.5 Å². The van der Waals surface area contributed by atoms with Crippen LogP contribution in [0.1, 0.15) is 43.5 Å². The Balaban J connectivity index is 1.38. The van der Waals surface area contributed by atoms with E-state index < -0.39 is 6.04 Å². The number of amides is 1. The van der Waals surface area contributed by atoms with E-state index in [2.05, 4.69) is 5.32 Å². The quantitative estimate of drug-likeness (QED) is 0.164. The fraction of sp³-hybridized carbons (Fsp3) is 0.184. The van der Waals surface area contributed by atoms with Crippen molar-refractivity contribution < 1.29 is 19.0 Å². The number of allylic oxidation sites excluding steroid dienone is 1. The van der Waals surface area contributed by atoms with Gasteiger partial charge in [-0.05, 0) is 92.1 Å². The van der Waals surface area contributed by atoms with E-state index in [-0.39, 0.29) is 11.5 Å². The molecule has 2 heterocycles. The van der Waals surface area contributed by atoms with Gasteiger partial charge in [-0.2, -0.15) is 0 Å². The van der Waals surface area contributed by atoms with E-state index in [1.54, 1.807) is 11.5 Å². The molecule has 0 saturated carbocycles. The largest absolute Gasteiger partial charge is 0.494 e. The average Bonchev–Trinajstić information content (AvgIpc) is 3.39. The van der Waals surface area contributed by atoms with Gasteiger partial charge in [0, 0.05) is 10.7 Å². The van der Waals surface area contributed by atoms with Crippen molar-refractivity contribution in [2.75, 3.05) is 18.5 Å². The number of nitrogens with one attached hydrogen (secondary N) is 1. The summed E-state index contributed by atoms with van der Waals surface area (Å²) in [5.74, 6) is 1.53. The lowest BCUT2D eigenvalue weighted by Gasteiger charge is -2.25. The lowest BCUT2D eigenvalue weighted by atomic mass is 9.95. The fourth-order valence-corrected chi connectivity index (χ4v) is 6.63. The number of fused-ring (bicyclic) bond motifs is 1. The molecular formula is C38H34ClN3O5S. The third-order valence-corrected chi connectivity index (χ3v) is 8.91. The molecule has 4 aromatic carbocycles. The SMILES string of the molecule is CCOc1ccc([C@H]2C(C(=O)Nc3ccccc3)=C(C)N=c3s/c(=C\c4ccc(OCc5ccc(Cl)cc5)c(OCC)c4)c(=O)n32)cc1. The zero-order valence-corrected chi connectivity index (χ0v) is 28.3. The molecular weight excluding hydrogens is 646 g/mol. The molecule has 0 saturated heterocycles. The molecule has 1 atom stereocenters. The summed E-state index contributed by atoms with van der Waals surface area (Å²) < 4.78 is 19.7. The molecule has 0 fully saturated rings. The van der Waals surface area contributed by atoms with Crippen LogP contribution in [0.2, 0.25) is 5.02 Å². The number of benzene rings is 4. The van der Waals surface area contributed by atoms with Crippen molar-refractivity contribution in [2.45, 2.75) is 33.4 Å². The molecule has 0 aliphatic carbocycles. The standard InChI is InChI=1S/C38H34ClN3O5S/c1-4-45-30-18-14-27(15-19-30)35-34(36(43)41-29-9-7-6-8-10-29)24(3)40-38-42(35)37(44)33(48-38)22-26-13-20-31(32(21-26)46-5-2)47-23-25-11-16-28(39)17-12-25/h6-22,35H,4-5,23H2,1-3H3,(H,41,43)/b33-22-/t35-/m0/s1. The smallest absolute Gasteiger partial charge is 0.271 e. The molecule has 0 spiro atoms. The number of halogens is 1. The van der Waals surface area contributed by atoms with Crippen molar-refractivity contribution >= 4 is 40.6 Å². The number of para-hydroxylation sites is 1. The summed E-state index contributed by atoms with van der Waals surface area (Å²) in [5, 5.41) is 3.65. The fourth-order valence-electron chi connectivity index (χ4n) is 5.46. The molecule has 5 aromatic rings. The van der Waals surface area contributed by atoms with E-state index in [0.29, 0.717) is 68.4 Å². The van der Waals surface area contributed by atoms with E-state index >= 15 is 0 Å². The van der Waals surface area contributed by atoms with Crippen LogP contribution in [0.25, 0.3) is 6.08 Å². The predicted octanol–water partition coefficient (Wildman–Crippen LogP) is 6.90. The predicted molar refractivity (Wildman–Crippen MR) is 190 cm³/mol. The maximum Gasteiger partial charge on any atom is 0.271 e. The molecule has 8 nitrogen and oxygen atoms in total. The Morgan fingerprint density at radius 2 is 1.65 bits per heavy atom. The van der Waals surface area contributed by atoms with E-state index in [4.69, 9.17) is 30.8 Å². The lowest BCUT2D eigenvalue weighted by molar-refractivity contribution is -0.113. The van der Waals surface area contributed by atoms with Gasteiger partial charge in [-0.3, -0.25) is 14.2 Å². The van der Waals surface area contributed by atoms with Crippen molar-refractivity contribution in [3.63, 3.8) is 0 Å². The van der Waals surface area contributed by atoms with Gasteiger partial charge in [0.05, 0.1) is 35.1 Å². The van der Waals surface area contributed by atoms with Crippen molar-refractivity contribution in [2.24, 2.45) is 4.99 Å². The Kier molecular flexibility index (Phi) is 10.1. The van der Waals surface area contributed by atoms with Crippen LogP contribution in [0.15, 0.2) is 118 Å². The summed E-state index contributed by atoms with van der Waals surface area (Å²) in [4.78, 5) is 33.3. The minimum absolute atomic E-state index is 0.254. The van der Waals surface area contributed by atoms with E-state index in [9.17, 15) is 9.59 Å². The number of carbonyl (C=O) groups is 1. The second-order valence-corrected chi connectivity index (χ2v) is 12.4. The second-order valence-electron chi connectivity index (χ2n) is 11.0. The normalized spacial score (nSPS) is 14.2. The van der Waals surface area contributed by atoms with Crippen LogP contribution < -0.4 is 34.4 Å². The first kappa shape index (κ1) is 32.8. The maximum absolute atomic E-state index is 14.2. The first-order valence-corrected chi connectivity index (χ1v) is 16.8. The summed E-state index contributed by atoms with van der Waals surface area (Å²) >= 11 is 7.29. The summed E-state index contributed by atoms with van der Waals surface area (Å²) in [6.07, 6.45) is 1.81. The van der Waals surface area contributed by atoms with Gasteiger partial charge in [0.1, 0.15) is 12.4 Å². The minimum atomic E-state index is -0.703. The van der Waals surface area contributed by atoms with E-state index in [1.165, 1.54) is 11.3 Å². The number of anilines is 1. The first-order valence-electron chi connectivity index (χ1n) is 15.6. The number of carbonyl (C=O) groups excluding carboxylic acids is 1. The van der Waals surface area contributed by atoms with Gasteiger partial charge in [0.2, 0.25) is 0 Å². The molecule has 48 heavy (non-hydrogen) atoms. The number of ether oxygens (including phenoxy) is 3. The zero-order chi connectivity index (χ0) is 33.6. The molecule has 0 radical (unpaired) electrons. The summed E-state index contributed by atoms with van der Waals surface area (Å²) in [5.41, 5.74) is 3.82. The van der Waals surface area contributed by atoms with E-state index in [1.807, 2.05) is 117 Å². The van der Waals surface area contributed by atoms with Crippen LogP contribution >= 0.6 is 22.9 Å². The molecule has 10 heteroatoms. The molecule has 1 aromatic heterocycles. The first-order chi connectivity index (χ1) is 23.3. The summed E-state index contributed by atoms with van der Waals surface area (Å²) in [7, 11) is 0. The highest BCUT2D eigenvalue weighted by Crippen LogP contribution is 2.32. The van der Waals surface area contributed by atoms with Crippen LogP contribution in [-0.2, 0) is 11.4 Å². The highest BCUT2D eigenvalue weighted by atomic mass is 35.5. The Labute approximate surface area is 287 Å². The third-order valence-electron chi connectivity index (χ3n) is 7.68. The highest BCUT2D eigenvalue weighted by molar-refractivity contribution is 7.07. The van der Waals surface area contributed by atoms with Crippen molar-refractivity contribution in [1.29, 1.82) is 0 Å². The highest BCUT2D eigenvalue weighted by Gasteiger charge is 2.32. The molecule has 1 aliphatic heterocycles. The van der Waals surface area contributed by atoms with Gasteiger partial charge in [0.15, 0.2) is 16.3 Å². The maximum atomic E-state index is 14.2. The Morgan fingerprint density at radius 1 is 0.917 bits per heavy atom. The van der Waals surface area contributed by atoms with E-state index in [0.717, 1.165) is 16.7 Å². The lowest BCUT2D eigenvalue weighted by Crippen LogP contribution is -2.40. The number of rotatable bonds is 11. The zero-order valence-electron chi connectivity index (χ0n) is 26.7. The van der Waals surface area contributed by atoms with Gasteiger partial charge < -0.3 is 19.5 Å². The minimum Gasteiger partial charge on any atom is -0.494 e. The Hall–Kier alpha value is -5.12. The average molecular weight is 680 g/mol. The van der Waals surface area contributed by atoms with Crippen molar-refractivity contribution in [1.82, 2.24) is 4.57 Å². The number of thiazole rings is 1. The molecule has 1 aliphatic rings. The van der Waals surface area contributed by atoms with Gasteiger partial charge >= 0.3 is 0 Å². The van der Waals surface area contributed by atoms with Crippen molar-refractivity contribution in [3.8, 4) is 17.2 Å². The topological polar surface area (TPSA) is 91.2 Å². The molecule has 1 N–H and O–H groups in total.